The molecule has 5 atom stereocenters. The minimum absolute atomic E-state index is 0.0343. The molecule has 2 aromatic carbocycles. The van der Waals surface area contributed by atoms with Crippen LogP contribution in [0.15, 0.2) is 42.5 Å². The van der Waals surface area contributed by atoms with E-state index in [1.807, 2.05) is 24.3 Å². The fourth-order valence-corrected chi connectivity index (χ4v) is 3.71. The fourth-order valence-electron chi connectivity index (χ4n) is 3.71. The summed E-state index contributed by atoms with van der Waals surface area (Å²) in [5.41, 5.74) is 3.10. The molecule has 1 aliphatic rings. The number of rotatable bonds is 8. The van der Waals surface area contributed by atoms with Crippen LogP contribution in [-0.2, 0) is 33.7 Å². The Morgan fingerprint density at radius 2 is 1.57 bits per heavy atom. The molecule has 0 bridgehead atoms. The lowest BCUT2D eigenvalue weighted by Crippen LogP contribution is -2.60. The topological polar surface area (TPSA) is 126 Å². The van der Waals surface area contributed by atoms with Crippen molar-refractivity contribution in [2.75, 3.05) is 6.61 Å². The lowest BCUT2D eigenvalue weighted by Gasteiger charge is -2.39. The van der Waals surface area contributed by atoms with Gasteiger partial charge in [-0.1, -0.05) is 43.3 Å². The first-order chi connectivity index (χ1) is 16.5. The Bertz CT molecular complexity index is 980. The molecule has 8 nitrogen and oxygen atoms in total. The van der Waals surface area contributed by atoms with Crippen molar-refractivity contribution in [3.63, 3.8) is 0 Å². The predicted molar refractivity (Wildman–Crippen MR) is 129 cm³/mol. The van der Waals surface area contributed by atoms with Gasteiger partial charge >= 0.3 is 5.97 Å². The number of esters is 1. The summed E-state index contributed by atoms with van der Waals surface area (Å²) in [6.45, 7) is 6.89. The van der Waals surface area contributed by atoms with Gasteiger partial charge in [-0.15, -0.1) is 0 Å². The van der Waals surface area contributed by atoms with Crippen LogP contribution < -0.4 is 4.74 Å². The highest BCUT2D eigenvalue weighted by molar-refractivity contribution is 5.75. The highest BCUT2D eigenvalue weighted by atomic mass is 16.7. The smallest absolute Gasteiger partial charge is 0.311 e. The van der Waals surface area contributed by atoms with Gasteiger partial charge in [0.2, 0.25) is 6.29 Å². The summed E-state index contributed by atoms with van der Waals surface area (Å²) in [6.07, 6.45) is -5.50. The van der Waals surface area contributed by atoms with Crippen LogP contribution in [0.1, 0.15) is 49.9 Å². The third kappa shape index (κ3) is 6.80. The van der Waals surface area contributed by atoms with Gasteiger partial charge in [0, 0.05) is 6.42 Å². The van der Waals surface area contributed by atoms with Crippen molar-refractivity contribution in [2.45, 2.75) is 77.8 Å². The molecule has 0 amide bonds. The van der Waals surface area contributed by atoms with Gasteiger partial charge < -0.3 is 34.6 Å². The molecule has 35 heavy (non-hydrogen) atoms. The number of carbonyl (C=O) groups excluding carboxylic acids is 1. The Morgan fingerprint density at radius 3 is 2.17 bits per heavy atom. The molecule has 0 aliphatic carbocycles. The van der Waals surface area contributed by atoms with E-state index in [9.17, 15) is 25.2 Å². The maximum absolute atomic E-state index is 12.2. The van der Waals surface area contributed by atoms with Gasteiger partial charge in [0.1, 0.15) is 36.8 Å². The van der Waals surface area contributed by atoms with Crippen LogP contribution in [-0.4, -0.2) is 63.7 Å². The van der Waals surface area contributed by atoms with Crippen LogP contribution in [0.25, 0.3) is 0 Å². The van der Waals surface area contributed by atoms with Crippen molar-refractivity contribution in [2.24, 2.45) is 5.41 Å². The summed E-state index contributed by atoms with van der Waals surface area (Å²) in [4.78, 5) is 12.2. The molecule has 192 valence electrons. The van der Waals surface area contributed by atoms with E-state index in [1.165, 1.54) is 5.56 Å². The van der Waals surface area contributed by atoms with Gasteiger partial charge in [-0.05, 0) is 55.5 Å². The summed E-state index contributed by atoms with van der Waals surface area (Å²) < 4.78 is 16.9. The second-order valence-corrected chi connectivity index (χ2v) is 9.93. The molecule has 1 aliphatic heterocycles. The summed E-state index contributed by atoms with van der Waals surface area (Å²) in [5.74, 6) is 0.0344. The fraction of sp³-hybridized carbons (Fsp3) is 0.519. The van der Waals surface area contributed by atoms with Crippen molar-refractivity contribution in [3.8, 4) is 5.75 Å². The Labute approximate surface area is 206 Å². The van der Waals surface area contributed by atoms with Gasteiger partial charge in [-0.3, -0.25) is 4.79 Å². The van der Waals surface area contributed by atoms with Gasteiger partial charge in [-0.2, -0.15) is 0 Å². The zero-order chi connectivity index (χ0) is 25.8. The van der Waals surface area contributed by atoms with Crippen molar-refractivity contribution < 1.29 is 39.4 Å². The van der Waals surface area contributed by atoms with E-state index in [2.05, 4.69) is 19.1 Å². The normalized spacial score (nSPS) is 24.7. The Balaban J connectivity index is 1.87. The molecule has 0 saturated carbocycles. The van der Waals surface area contributed by atoms with Crippen LogP contribution in [0.2, 0.25) is 0 Å². The van der Waals surface area contributed by atoms with Gasteiger partial charge in [0.25, 0.3) is 0 Å². The number of aryl methyl sites for hydroxylation is 1. The largest absolute Gasteiger partial charge is 0.462 e. The van der Waals surface area contributed by atoms with E-state index in [1.54, 1.807) is 26.8 Å². The van der Waals surface area contributed by atoms with Crippen LogP contribution in [0.4, 0.5) is 0 Å². The van der Waals surface area contributed by atoms with Gasteiger partial charge in [0.05, 0.1) is 12.0 Å². The Morgan fingerprint density at radius 1 is 0.943 bits per heavy atom. The van der Waals surface area contributed by atoms with Gasteiger partial charge in [0.15, 0.2) is 0 Å². The third-order valence-corrected chi connectivity index (χ3v) is 6.03. The van der Waals surface area contributed by atoms with Crippen LogP contribution in [0, 0.1) is 5.41 Å². The highest BCUT2D eigenvalue weighted by Gasteiger charge is 2.44. The predicted octanol–water partition coefficient (Wildman–Crippen LogP) is 2.11. The molecule has 3 rings (SSSR count). The number of aliphatic hydroxyl groups excluding tert-OH is 4. The first-order valence-electron chi connectivity index (χ1n) is 11.9. The molecule has 0 radical (unpaired) electrons. The molecule has 0 unspecified atom stereocenters. The molecular weight excluding hydrogens is 452 g/mol. The zero-order valence-electron chi connectivity index (χ0n) is 20.7. The molecule has 2 aromatic rings. The molecule has 4 N–H and O–H groups in total. The Hall–Kier alpha value is -2.49. The summed E-state index contributed by atoms with van der Waals surface area (Å²) in [6, 6.07) is 13.6. The maximum Gasteiger partial charge on any atom is 0.311 e. The monoisotopic (exact) mass is 488 g/mol. The molecular formula is C27H36O8. The molecule has 1 saturated heterocycles. The van der Waals surface area contributed by atoms with E-state index in [4.69, 9.17) is 14.2 Å². The lowest BCUT2D eigenvalue weighted by molar-refractivity contribution is -0.277. The first-order valence-corrected chi connectivity index (χ1v) is 11.9. The molecule has 1 fully saturated rings. The number of benzene rings is 2. The molecule has 1 heterocycles. The van der Waals surface area contributed by atoms with Gasteiger partial charge in [-0.25, -0.2) is 0 Å². The van der Waals surface area contributed by atoms with E-state index >= 15 is 0 Å². The number of carbonyl (C=O) groups is 1. The lowest BCUT2D eigenvalue weighted by atomic mass is 9.97. The average Bonchev–Trinajstić information content (AvgIpc) is 2.84. The standard InChI is InChI=1S/C27H36O8/c1-5-16-6-8-17(9-7-16)12-19-11-10-18(15-33-26(32)27(2,3)4)13-20(19)34-25-24(31)23(30)22(29)21(14-28)35-25/h6-11,13,21-25,28-31H,5,12,14-15H2,1-4H3/t21-,22-,23+,24-,25-/m1/s1. The molecule has 8 heteroatoms. The van der Waals surface area contributed by atoms with Crippen LogP contribution in [0.5, 0.6) is 5.75 Å². The second-order valence-electron chi connectivity index (χ2n) is 9.93. The average molecular weight is 489 g/mol. The van der Waals surface area contributed by atoms with E-state index in [0.29, 0.717) is 17.7 Å². The van der Waals surface area contributed by atoms with Crippen molar-refractivity contribution >= 4 is 5.97 Å². The SMILES string of the molecule is CCc1ccc(Cc2ccc(COC(=O)C(C)(C)C)cc2O[C@@H]2O[C@H](CO)[C@@H](O)[C@H](O)[C@H]2O)cc1. The quantitative estimate of drug-likeness (QED) is 0.417. The van der Waals surface area contributed by atoms with Crippen LogP contribution >= 0.6 is 0 Å². The van der Waals surface area contributed by atoms with Crippen molar-refractivity contribution in [3.05, 3.63) is 64.7 Å². The molecule has 0 aromatic heterocycles. The van der Waals surface area contributed by atoms with E-state index in [0.717, 1.165) is 17.5 Å². The van der Waals surface area contributed by atoms with E-state index < -0.39 is 42.7 Å². The van der Waals surface area contributed by atoms with E-state index in [-0.39, 0.29) is 12.6 Å². The Kier molecular flexibility index (Phi) is 8.90. The summed E-state index contributed by atoms with van der Waals surface area (Å²) in [7, 11) is 0. The maximum atomic E-state index is 12.2. The number of hydrogen-bond acceptors (Lipinski definition) is 8. The minimum atomic E-state index is -1.55. The second kappa shape index (κ2) is 11.5. The first kappa shape index (κ1) is 27.1. The van der Waals surface area contributed by atoms with Crippen molar-refractivity contribution in [1.29, 1.82) is 0 Å². The number of hydrogen-bond donors (Lipinski definition) is 4. The summed E-state index contributed by atoms with van der Waals surface area (Å²) in [5, 5.41) is 40.2. The molecule has 0 spiro atoms. The highest BCUT2D eigenvalue weighted by Crippen LogP contribution is 2.30. The minimum Gasteiger partial charge on any atom is -0.462 e. The number of ether oxygens (including phenoxy) is 3. The summed E-state index contributed by atoms with van der Waals surface area (Å²) >= 11 is 0. The van der Waals surface area contributed by atoms with Crippen molar-refractivity contribution in [1.82, 2.24) is 0 Å². The number of aliphatic hydroxyl groups is 4. The third-order valence-electron chi connectivity index (χ3n) is 6.03. The zero-order valence-corrected chi connectivity index (χ0v) is 20.7. The van der Waals surface area contributed by atoms with Crippen LogP contribution in [0.3, 0.4) is 0 Å².